The van der Waals surface area contributed by atoms with Gasteiger partial charge in [-0.05, 0) is 73.8 Å². The number of nitrogens with zero attached hydrogens (tertiary/aromatic N) is 1. The Morgan fingerprint density at radius 2 is 1.54 bits per heavy atom. The average molecular weight is 490 g/mol. The summed E-state index contributed by atoms with van der Waals surface area (Å²) >= 11 is 0. The molecule has 0 heterocycles. The number of unbranched alkanes of at least 4 members (excludes halogenated alkanes) is 2. The second-order valence-corrected chi connectivity index (χ2v) is 11.1. The van der Waals surface area contributed by atoms with E-state index >= 15 is 0 Å². The zero-order chi connectivity index (χ0) is 27.0. The molecule has 7 nitrogen and oxygen atoms in total. The fraction of sp³-hybridized carbons (Fsp3) is 0.679. The average Bonchev–Trinajstić information content (AvgIpc) is 2.71. The molecule has 0 saturated heterocycles. The first kappa shape index (κ1) is 30.5. The molecule has 1 aromatic carbocycles. The lowest BCUT2D eigenvalue weighted by atomic mass is 9.91. The molecule has 7 heteroatoms. The van der Waals surface area contributed by atoms with Gasteiger partial charge in [-0.15, -0.1) is 0 Å². The first-order valence-electron chi connectivity index (χ1n) is 12.8. The molecule has 3 amide bonds. The highest BCUT2D eigenvalue weighted by atomic mass is 16.6. The summed E-state index contributed by atoms with van der Waals surface area (Å²) in [5, 5.41) is 5.71. The molecule has 0 aliphatic rings. The van der Waals surface area contributed by atoms with E-state index in [1.807, 2.05) is 52.8 Å². The minimum Gasteiger partial charge on any atom is -0.444 e. The summed E-state index contributed by atoms with van der Waals surface area (Å²) in [7, 11) is 0. The van der Waals surface area contributed by atoms with E-state index in [4.69, 9.17) is 4.74 Å². The molecule has 2 N–H and O–H groups in total. The van der Waals surface area contributed by atoms with E-state index in [0.29, 0.717) is 13.0 Å². The molecular formula is C28H47N3O4. The van der Waals surface area contributed by atoms with Crippen molar-refractivity contribution in [2.24, 2.45) is 0 Å². The lowest BCUT2D eigenvalue weighted by Gasteiger charge is -2.44. The summed E-state index contributed by atoms with van der Waals surface area (Å²) in [5.41, 5.74) is 1.46. The van der Waals surface area contributed by atoms with Gasteiger partial charge in [0.1, 0.15) is 17.7 Å². The van der Waals surface area contributed by atoms with Crippen molar-refractivity contribution in [3.63, 3.8) is 0 Å². The second-order valence-electron chi connectivity index (χ2n) is 11.1. The number of carbonyl (C=O) groups is 3. The quantitative estimate of drug-likeness (QED) is 0.397. The third-order valence-corrected chi connectivity index (χ3v) is 6.00. The number of aryl methyl sites for hydroxylation is 2. The van der Waals surface area contributed by atoms with Gasteiger partial charge in [-0.3, -0.25) is 9.59 Å². The van der Waals surface area contributed by atoms with Gasteiger partial charge in [-0.25, -0.2) is 4.79 Å². The Bertz CT molecular complexity index is 853. The maximum absolute atomic E-state index is 13.9. The number of benzene rings is 1. The Morgan fingerprint density at radius 1 is 0.971 bits per heavy atom. The summed E-state index contributed by atoms with van der Waals surface area (Å²) in [6, 6.07) is 4.25. The first-order chi connectivity index (χ1) is 16.1. The highest BCUT2D eigenvalue weighted by Gasteiger charge is 2.42. The van der Waals surface area contributed by atoms with Gasteiger partial charge in [0.15, 0.2) is 0 Å². The zero-order valence-electron chi connectivity index (χ0n) is 23.5. The number of nitrogens with one attached hydrogen (secondary N) is 2. The van der Waals surface area contributed by atoms with Gasteiger partial charge in [0, 0.05) is 12.1 Å². The minimum absolute atomic E-state index is 0.217. The molecule has 0 fully saturated rings. The van der Waals surface area contributed by atoms with Crippen LogP contribution < -0.4 is 10.6 Å². The van der Waals surface area contributed by atoms with Crippen molar-refractivity contribution in [3.05, 3.63) is 34.9 Å². The summed E-state index contributed by atoms with van der Waals surface area (Å²) < 4.78 is 5.35. The van der Waals surface area contributed by atoms with Gasteiger partial charge in [0.2, 0.25) is 11.8 Å². The second kappa shape index (κ2) is 12.9. The third kappa shape index (κ3) is 9.54. The van der Waals surface area contributed by atoms with Crippen molar-refractivity contribution in [1.29, 1.82) is 0 Å². The van der Waals surface area contributed by atoms with Crippen LogP contribution in [0.3, 0.4) is 0 Å². The molecule has 35 heavy (non-hydrogen) atoms. The van der Waals surface area contributed by atoms with Crippen molar-refractivity contribution >= 4 is 17.9 Å². The molecule has 0 saturated carbocycles. The Hall–Kier alpha value is -2.57. The number of hydrogen-bond acceptors (Lipinski definition) is 4. The molecule has 2 unspecified atom stereocenters. The highest BCUT2D eigenvalue weighted by Crippen LogP contribution is 2.33. The van der Waals surface area contributed by atoms with E-state index in [1.165, 1.54) is 0 Å². The van der Waals surface area contributed by atoms with Crippen molar-refractivity contribution in [1.82, 2.24) is 15.5 Å². The number of alkyl carbamates (subject to hydrolysis) is 1. The van der Waals surface area contributed by atoms with E-state index in [0.717, 1.165) is 36.0 Å². The molecule has 0 radical (unpaired) electrons. The summed E-state index contributed by atoms with van der Waals surface area (Å²) in [4.78, 5) is 41.6. The predicted molar refractivity (Wildman–Crippen MR) is 141 cm³/mol. The standard InChI is InChI=1S/C28H47N3O4/c1-11-13-14-15-29-24(32)23(22-17-19(3)16-20(4)18-22)31(28(9,10)12-2)25(33)21(5)30-26(34)35-27(6,7)8/h16-18,21,23H,11-15H2,1-10H3,(H,29,32)(H,30,34). The molecular weight excluding hydrogens is 442 g/mol. The van der Waals surface area contributed by atoms with Crippen LogP contribution in [-0.2, 0) is 14.3 Å². The van der Waals surface area contributed by atoms with Gasteiger partial charge in [-0.1, -0.05) is 56.0 Å². The molecule has 198 valence electrons. The van der Waals surface area contributed by atoms with Gasteiger partial charge >= 0.3 is 6.09 Å². The van der Waals surface area contributed by atoms with Crippen molar-refractivity contribution < 1.29 is 19.1 Å². The van der Waals surface area contributed by atoms with E-state index < -0.39 is 29.3 Å². The van der Waals surface area contributed by atoms with Crippen LogP contribution in [0.4, 0.5) is 4.79 Å². The Balaban J connectivity index is 3.46. The van der Waals surface area contributed by atoms with Crippen LogP contribution in [0.25, 0.3) is 0 Å². The van der Waals surface area contributed by atoms with Crippen LogP contribution in [0.2, 0.25) is 0 Å². The Labute approximate surface area is 212 Å². The smallest absolute Gasteiger partial charge is 0.408 e. The van der Waals surface area contributed by atoms with Gasteiger partial charge in [0.25, 0.3) is 0 Å². The van der Waals surface area contributed by atoms with Gasteiger partial charge in [0.05, 0.1) is 0 Å². The van der Waals surface area contributed by atoms with Gasteiger partial charge in [-0.2, -0.15) is 0 Å². The molecule has 0 aromatic heterocycles. The van der Waals surface area contributed by atoms with E-state index in [9.17, 15) is 14.4 Å². The van der Waals surface area contributed by atoms with Crippen LogP contribution in [0.5, 0.6) is 0 Å². The first-order valence-corrected chi connectivity index (χ1v) is 12.8. The SMILES string of the molecule is CCCCCNC(=O)C(c1cc(C)cc(C)c1)N(C(=O)C(C)NC(=O)OC(C)(C)C)C(C)(C)CC. The zero-order valence-corrected chi connectivity index (χ0v) is 23.5. The topological polar surface area (TPSA) is 87.7 Å². The van der Waals surface area contributed by atoms with E-state index in [2.05, 4.69) is 17.6 Å². The largest absolute Gasteiger partial charge is 0.444 e. The number of amides is 3. The van der Waals surface area contributed by atoms with Gasteiger partial charge < -0.3 is 20.3 Å². The number of ether oxygens (including phenoxy) is 1. The number of rotatable bonds is 11. The monoisotopic (exact) mass is 489 g/mol. The normalized spacial score (nSPS) is 13.5. The van der Waals surface area contributed by atoms with Crippen LogP contribution in [0.1, 0.15) is 104 Å². The van der Waals surface area contributed by atoms with Crippen molar-refractivity contribution in [2.75, 3.05) is 6.54 Å². The molecule has 2 atom stereocenters. The Kier molecular flexibility index (Phi) is 11.3. The molecule has 0 spiro atoms. The van der Waals surface area contributed by atoms with E-state index in [-0.39, 0.29) is 11.8 Å². The fourth-order valence-corrected chi connectivity index (χ4v) is 3.97. The molecule has 1 rings (SSSR count). The van der Waals surface area contributed by atoms with Crippen molar-refractivity contribution in [2.45, 2.75) is 118 Å². The van der Waals surface area contributed by atoms with Crippen LogP contribution in [0, 0.1) is 13.8 Å². The summed E-state index contributed by atoms with van der Waals surface area (Å²) in [5.74, 6) is -0.555. The molecule has 0 aliphatic carbocycles. The fourth-order valence-electron chi connectivity index (χ4n) is 3.97. The minimum atomic E-state index is -0.878. The lowest BCUT2D eigenvalue weighted by Crippen LogP contribution is -2.58. The summed E-state index contributed by atoms with van der Waals surface area (Å²) in [6.45, 7) is 19.5. The van der Waals surface area contributed by atoms with Crippen LogP contribution in [-0.4, -0.2) is 46.5 Å². The third-order valence-electron chi connectivity index (χ3n) is 6.00. The van der Waals surface area contributed by atoms with Crippen LogP contribution >= 0.6 is 0 Å². The molecule has 1 aromatic rings. The lowest BCUT2D eigenvalue weighted by molar-refractivity contribution is -0.149. The van der Waals surface area contributed by atoms with Crippen molar-refractivity contribution in [3.8, 4) is 0 Å². The number of hydrogen-bond donors (Lipinski definition) is 2. The maximum atomic E-state index is 13.9. The predicted octanol–water partition coefficient (Wildman–Crippen LogP) is 5.58. The summed E-state index contributed by atoms with van der Waals surface area (Å²) in [6.07, 6.45) is 2.91. The highest BCUT2D eigenvalue weighted by molar-refractivity contribution is 5.92. The molecule has 0 aliphatic heterocycles. The van der Waals surface area contributed by atoms with E-state index in [1.54, 1.807) is 32.6 Å². The maximum Gasteiger partial charge on any atom is 0.408 e. The number of carbonyl (C=O) groups excluding carboxylic acids is 3. The Morgan fingerprint density at radius 3 is 2.03 bits per heavy atom. The molecule has 0 bridgehead atoms. The van der Waals surface area contributed by atoms with Crippen LogP contribution in [0.15, 0.2) is 18.2 Å².